The van der Waals surface area contributed by atoms with Crippen molar-refractivity contribution in [3.05, 3.63) is 53.6 Å². The minimum absolute atomic E-state index is 0.0576. The summed E-state index contributed by atoms with van der Waals surface area (Å²) in [6, 6.07) is 5.51. The van der Waals surface area contributed by atoms with Crippen LogP contribution in [0.3, 0.4) is 0 Å². The second kappa shape index (κ2) is 6.48. The first-order valence-electron chi connectivity index (χ1n) is 7.18. The monoisotopic (exact) mass is 311 g/mol. The van der Waals surface area contributed by atoms with Crippen molar-refractivity contribution in [2.75, 3.05) is 14.2 Å². The molecule has 0 N–H and O–H groups in total. The summed E-state index contributed by atoms with van der Waals surface area (Å²) in [6.45, 7) is 1.07. The topological polar surface area (TPSA) is 64.5 Å². The first-order valence-corrected chi connectivity index (χ1v) is 7.18. The van der Waals surface area contributed by atoms with E-state index in [1.807, 2.05) is 18.2 Å². The third kappa shape index (κ3) is 3.15. The predicted molar refractivity (Wildman–Crippen MR) is 84.9 cm³/mol. The maximum absolute atomic E-state index is 12.3. The standard InChI is InChI=1S/C17H17N3O3/c1-22-15-5-3-12(7-16(15)23-2)4-6-17(21)20-9-13-8-18-11-19-14(13)10-20/h3-8,11H,9-10H2,1-2H3/b6-4+. The number of hydrogen-bond acceptors (Lipinski definition) is 5. The average molecular weight is 311 g/mol. The Morgan fingerprint density at radius 3 is 2.78 bits per heavy atom. The van der Waals surface area contributed by atoms with Gasteiger partial charge in [-0.25, -0.2) is 9.97 Å². The molecule has 6 heteroatoms. The molecular weight excluding hydrogens is 294 g/mol. The highest BCUT2D eigenvalue weighted by Gasteiger charge is 2.22. The van der Waals surface area contributed by atoms with Gasteiger partial charge in [0.25, 0.3) is 0 Å². The molecule has 0 atom stereocenters. The number of rotatable bonds is 4. The number of carbonyl (C=O) groups is 1. The Hall–Kier alpha value is -2.89. The van der Waals surface area contributed by atoms with E-state index in [9.17, 15) is 4.79 Å². The van der Waals surface area contributed by atoms with Crippen molar-refractivity contribution in [2.45, 2.75) is 13.1 Å². The zero-order chi connectivity index (χ0) is 16.2. The largest absolute Gasteiger partial charge is 0.493 e. The fourth-order valence-electron chi connectivity index (χ4n) is 2.49. The van der Waals surface area contributed by atoms with Crippen LogP contribution in [-0.4, -0.2) is 35.0 Å². The molecule has 118 valence electrons. The van der Waals surface area contributed by atoms with E-state index in [2.05, 4.69) is 9.97 Å². The number of methoxy groups -OCH3 is 2. The number of fused-ring (bicyclic) bond motifs is 1. The van der Waals surface area contributed by atoms with Crippen LogP contribution >= 0.6 is 0 Å². The Morgan fingerprint density at radius 1 is 1.22 bits per heavy atom. The van der Waals surface area contributed by atoms with E-state index in [4.69, 9.17) is 9.47 Å². The van der Waals surface area contributed by atoms with E-state index in [1.165, 1.54) is 6.33 Å². The lowest BCUT2D eigenvalue weighted by Crippen LogP contribution is -2.23. The molecule has 0 aliphatic carbocycles. The molecule has 0 spiro atoms. The predicted octanol–water partition coefficient (Wildman–Crippen LogP) is 2.05. The molecule has 0 saturated heterocycles. The highest BCUT2D eigenvalue weighted by atomic mass is 16.5. The van der Waals surface area contributed by atoms with Gasteiger partial charge in [0, 0.05) is 24.4 Å². The molecular formula is C17H17N3O3. The first-order chi connectivity index (χ1) is 11.2. The van der Waals surface area contributed by atoms with Gasteiger partial charge in [-0.05, 0) is 23.8 Å². The summed E-state index contributed by atoms with van der Waals surface area (Å²) < 4.78 is 10.5. The lowest BCUT2D eigenvalue weighted by molar-refractivity contribution is -0.126. The van der Waals surface area contributed by atoms with E-state index >= 15 is 0 Å². The normalized spacial score (nSPS) is 13.2. The molecule has 23 heavy (non-hydrogen) atoms. The Kier molecular flexibility index (Phi) is 4.23. The van der Waals surface area contributed by atoms with Crippen LogP contribution in [0, 0.1) is 0 Å². The van der Waals surface area contributed by atoms with Crippen molar-refractivity contribution in [1.29, 1.82) is 0 Å². The van der Waals surface area contributed by atoms with Crippen LogP contribution in [-0.2, 0) is 17.9 Å². The second-order valence-electron chi connectivity index (χ2n) is 5.14. The van der Waals surface area contributed by atoms with E-state index < -0.39 is 0 Å². The highest BCUT2D eigenvalue weighted by molar-refractivity contribution is 5.92. The minimum Gasteiger partial charge on any atom is -0.493 e. The molecule has 0 unspecified atom stereocenters. The van der Waals surface area contributed by atoms with Crippen molar-refractivity contribution < 1.29 is 14.3 Å². The molecule has 0 fully saturated rings. The summed E-state index contributed by atoms with van der Waals surface area (Å²) >= 11 is 0. The number of carbonyl (C=O) groups excluding carboxylic acids is 1. The number of benzene rings is 1. The Morgan fingerprint density at radius 2 is 2.04 bits per heavy atom. The molecule has 0 radical (unpaired) electrons. The second-order valence-corrected chi connectivity index (χ2v) is 5.14. The lowest BCUT2D eigenvalue weighted by atomic mass is 10.2. The molecule has 1 aromatic heterocycles. The minimum atomic E-state index is -0.0576. The molecule has 0 bridgehead atoms. The zero-order valence-corrected chi connectivity index (χ0v) is 13.0. The van der Waals surface area contributed by atoms with Crippen molar-refractivity contribution >= 4 is 12.0 Å². The third-order valence-corrected chi connectivity index (χ3v) is 3.72. The van der Waals surface area contributed by atoms with E-state index in [-0.39, 0.29) is 5.91 Å². The van der Waals surface area contributed by atoms with Gasteiger partial charge in [0.2, 0.25) is 5.91 Å². The van der Waals surface area contributed by atoms with Crippen LogP contribution in [0.15, 0.2) is 36.8 Å². The van der Waals surface area contributed by atoms with Crippen LogP contribution in [0.4, 0.5) is 0 Å². The summed E-state index contributed by atoms with van der Waals surface area (Å²) in [5, 5.41) is 0. The van der Waals surface area contributed by atoms with Gasteiger partial charge in [0.1, 0.15) is 6.33 Å². The first kappa shape index (κ1) is 15.0. The van der Waals surface area contributed by atoms with Crippen LogP contribution in [0.1, 0.15) is 16.8 Å². The number of aromatic nitrogens is 2. The maximum atomic E-state index is 12.3. The van der Waals surface area contributed by atoms with Gasteiger partial charge in [-0.15, -0.1) is 0 Å². The summed E-state index contributed by atoms with van der Waals surface area (Å²) in [6.07, 6.45) is 6.58. The van der Waals surface area contributed by atoms with Crippen molar-refractivity contribution in [3.63, 3.8) is 0 Å². The third-order valence-electron chi connectivity index (χ3n) is 3.72. The Bertz CT molecular complexity index is 733. The zero-order valence-electron chi connectivity index (χ0n) is 13.0. The molecule has 6 nitrogen and oxygen atoms in total. The van der Waals surface area contributed by atoms with Gasteiger partial charge >= 0.3 is 0 Å². The van der Waals surface area contributed by atoms with Crippen LogP contribution < -0.4 is 9.47 Å². The van der Waals surface area contributed by atoms with Crippen LogP contribution in [0.2, 0.25) is 0 Å². The van der Waals surface area contributed by atoms with Crippen molar-refractivity contribution in [1.82, 2.24) is 14.9 Å². The summed E-state index contributed by atoms with van der Waals surface area (Å²) in [5.74, 6) is 1.23. The maximum Gasteiger partial charge on any atom is 0.247 e. The average Bonchev–Trinajstić information content (AvgIpc) is 3.03. The number of nitrogens with zero attached hydrogens (tertiary/aromatic N) is 3. The summed E-state index contributed by atoms with van der Waals surface area (Å²) in [5.41, 5.74) is 2.78. The molecule has 1 amide bonds. The Labute approximate surface area is 134 Å². The van der Waals surface area contributed by atoms with Crippen molar-refractivity contribution in [3.8, 4) is 11.5 Å². The number of hydrogen-bond donors (Lipinski definition) is 0. The summed E-state index contributed by atoms with van der Waals surface area (Å²) in [4.78, 5) is 22.2. The number of amides is 1. The van der Waals surface area contributed by atoms with Gasteiger partial charge < -0.3 is 14.4 Å². The van der Waals surface area contributed by atoms with Crippen LogP contribution in [0.5, 0.6) is 11.5 Å². The molecule has 1 aliphatic rings. The fourth-order valence-corrected chi connectivity index (χ4v) is 2.49. The van der Waals surface area contributed by atoms with Crippen LogP contribution in [0.25, 0.3) is 6.08 Å². The fraction of sp³-hybridized carbons (Fsp3) is 0.235. The highest BCUT2D eigenvalue weighted by Crippen LogP contribution is 2.28. The van der Waals surface area contributed by atoms with Crippen molar-refractivity contribution in [2.24, 2.45) is 0 Å². The SMILES string of the molecule is COc1ccc(/C=C/C(=O)N2Cc3cncnc3C2)cc1OC. The van der Waals surface area contributed by atoms with E-state index in [1.54, 1.807) is 37.5 Å². The van der Waals surface area contributed by atoms with Gasteiger partial charge in [-0.2, -0.15) is 0 Å². The molecule has 2 heterocycles. The quantitative estimate of drug-likeness (QED) is 0.809. The molecule has 3 rings (SSSR count). The van der Waals surface area contributed by atoms with E-state index in [0.29, 0.717) is 24.6 Å². The van der Waals surface area contributed by atoms with Gasteiger partial charge in [0.15, 0.2) is 11.5 Å². The van der Waals surface area contributed by atoms with Gasteiger partial charge in [-0.1, -0.05) is 6.07 Å². The van der Waals surface area contributed by atoms with Gasteiger partial charge in [-0.3, -0.25) is 4.79 Å². The summed E-state index contributed by atoms with van der Waals surface area (Å²) in [7, 11) is 3.17. The number of ether oxygens (including phenoxy) is 2. The molecule has 1 aliphatic heterocycles. The lowest BCUT2D eigenvalue weighted by Gasteiger charge is -2.12. The molecule has 0 saturated carbocycles. The molecule has 2 aromatic rings. The van der Waals surface area contributed by atoms with E-state index in [0.717, 1.165) is 16.8 Å². The Balaban J connectivity index is 1.70. The molecule has 1 aromatic carbocycles. The van der Waals surface area contributed by atoms with Gasteiger partial charge in [0.05, 0.1) is 26.5 Å². The smallest absolute Gasteiger partial charge is 0.247 e.